The van der Waals surface area contributed by atoms with Crippen molar-refractivity contribution in [2.24, 2.45) is 0 Å². The smallest absolute Gasteiger partial charge is 0.261 e. The van der Waals surface area contributed by atoms with Gasteiger partial charge in [0, 0.05) is 11.3 Å². The predicted molar refractivity (Wildman–Crippen MR) is 127 cm³/mol. The molecule has 0 spiro atoms. The SMILES string of the molecule is COc1ccc(NC(=O)Cn2nnc(-c3ccccc3NS(=O)(=O)c3ccc(C)cc3)n2)cc1. The van der Waals surface area contributed by atoms with E-state index in [2.05, 4.69) is 25.4 Å². The highest BCUT2D eigenvalue weighted by Gasteiger charge is 2.18. The van der Waals surface area contributed by atoms with Crippen molar-refractivity contribution in [2.45, 2.75) is 18.4 Å². The lowest BCUT2D eigenvalue weighted by molar-refractivity contribution is -0.117. The van der Waals surface area contributed by atoms with E-state index in [0.717, 1.165) is 10.4 Å². The van der Waals surface area contributed by atoms with Crippen molar-refractivity contribution in [2.75, 3.05) is 17.1 Å². The number of aromatic nitrogens is 4. The topological polar surface area (TPSA) is 128 Å². The Morgan fingerprint density at radius 3 is 2.41 bits per heavy atom. The Labute approximate surface area is 196 Å². The van der Waals surface area contributed by atoms with Crippen LogP contribution in [0.1, 0.15) is 5.56 Å². The fraction of sp³-hybridized carbons (Fsp3) is 0.130. The largest absolute Gasteiger partial charge is 0.497 e. The molecule has 0 saturated heterocycles. The second-order valence-corrected chi connectivity index (χ2v) is 9.07. The molecule has 11 heteroatoms. The zero-order chi connectivity index (χ0) is 24.1. The number of hydrogen-bond donors (Lipinski definition) is 2. The number of amides is 1. The van der Waals surface area contributed by atoms with Crippen molar-refractivity contribution in [3.05, 3.63) is 78.4 Å². The van der Waals surface area contributed by atoms with Gasteiger partial charge in [0.1, 0.15) is 12.3 Å². The first-order valence-electron chi connectivity index (χ1n) is 10.2. The van der Waals surface area contributed by atoms with Crippen molar-refractivity contribution in [3.63, 3.8) is 0 Å². The molecule has 1 aromatic heterocycles. The molecule has 34 heavy (non-hydrogen) atoms. The van der Waals surface area contributed by atoms with Gasteiger partial charge in [0.25, 0.3) is 10.0 Å². The van der Waals surface area contributed by atoms with E-state index in [-0.39, 0.29) is 23.2 Å². The minimum absolute atomic E-state index is 0.139. The van der Waals surface area contributed by atoms with Gasteiger partial charge < -0.3 is 10.1 Å². The minimum Gasteiger partial charge on any atom is -0.497 e. The number of benzene rings is 3. The summed E-state index contributed by atoms with van der Waals surface area (Å²) < 4.78 is 33.3. The van der Waals surface area contributed by atoms with Crippen LogP contribution in [-0.4, -0.2) is 41.6 Å². The number of anilines is 2. The molecule has 0 unspecified atom stereocenters. The van der Waals surface area contributed by atoms with Crippen LogP contribution < -0.4 is 14.8 Å². The molecular formula is C23H22N6O4S. The average molecular weight is 479 g/mol. The number of sulfonamides is 1. The van der Waals surface area contributed by atoms with Crippen molar-refractivity contribution in [1.82, 2.24) is 20.2 Å². The number of nitrogens with one attached hydrogen (secondary N) is 2. The number of aryl methyl sites for hydroxylation is 1. The summed E-state index contributed by atoms with van der Waals surface area (Å²) in [6.45, 7) is 1.71. The first kappa shape index (κ1) is 22.9. The zero-order valence-electron chi connectivity index (χ0n) is 18.5. The first-order valence-corrected chi connectivity index (χ1v) is 11.7. The molecule has 1 amide bonds. The predicted octanol–water partition coefficient (Wildman–Crippen LogP) is 3.10. The third-order valence-electron chi connectivity index (χ3n) is 4.86. The molecule has 0 radical (unpaired) electrons. The lowest BCUT2D eigenvalue weighted by Crippen LogP contribution is -2.20. The molecule has 0 aliphatic heterocycles. The molecule has 4 rings (SSSR count). The lowest BCUT2D eigenvalue weighted by atomic mass is 10.2. The van der Waals surface area contributed by atoms with Gasteiger partial charge in [-0.05, 0) is 60.7 Å². The van der Waals surface area contributed by atoms with Crippen LogP contribution in [0.5, 0.6) is 5.75 Å². The van der Waals surface area contributed by atoms with E-state index in [0.29, 0.717) is 22.7 Å². The highest BCUT2D eigenvalue weighted by Crippen LogP contribution is 2.27. The van der Waals surface area contributed by atoms with Crippen LogP contribution in [0.3, 0.4) is 0 Å². The molecule has 1 heterocycles. The summed E-state index contributed by atoms with van der Waals surface area (Å²) in [4.78, 5) is 13.6. The summed E-state index contributed by atoms with van der Waals surface area (Å²) in [5, 5.41) is 14.9. The van der Waals surface area contributed by atoms with Gasteiger partial charge in [-0.15, -0.1) is 10.2 Å². The fourth-order valence-electron chi connectivity index (χ4n) is 3.11. The number of ether oxygens (including phenoxy) is 1. The van der Waals surface area contributed by atoms with Gasteiger partial charge in [-0.2, -0.15) is 4.80 Å². The Bertz CT molecular complexity index is 1400. The van der Waals surface area contributed by atoms with Gasteiger partial charge in [-0.3, -0.25) is 9.52 Å². The lowest BCUT2D eigenvalue weighted by Gasteiger charge is -2.11. The maximum atomic E-state index is 12.8. The Morgan fingerprint density at radius 1 is 1.00 bits per heavy atom. The third-order valence-corrected chi connectivity index (χ3v) is 6.24. The summed E-state index contributed by atoms with van der Waals surface area (Å²) in [7, 11) is -2.26. The number of carbonyl (C=O) groups is 1. The van der Waals surface area contributed by atoms with Crippen molar-refractivity contribution in [3.8, 4) is 17.1 Å². The van der Waals surface area contributed by atoms with Crippen LogP contribution in [0.25, 0.3) is 11.4 Å². The summed E-state index contributed by atoms with van der Waals surface area (Å²) >= 11 is 0. The standard InChI is InChI=1S/C23H22N6O4S/c1-16-7-13-19(14-8-16)34(31,32)27-21-6-4-3-5-20(21)23-25-28-29(26-23)15-22(30)24-17-9-11-18(33-2)12-10-17/h3-14,27H,15H2,1-2H3,(H,24,30). The summed E-state index contributed by atoms with van der Waals surface area (Å²) in [6.07, 6.45) is 0. The van der Waals surface area contributed by atoms with Crippen LogP contribution in [0, 0.1) is 6.92 Å². The molecule has 0 aliphatic rings. The second kappa shape index (κ2) is 9.71. The minimum atomic E-state index is -3.82. The Kier molecular flexibility index (Phi) is 6.55. The molecule has 0 bridgehead atoms. The van der Waals surface area contributed by atoms with E-state index in [1.54, 1.807) is 67.8 Å². The number of tetrazole rings is 1. The van der Waals surface area contributed by atoms with Crippen molar-refractivity contribution in [1.29, 1.82) is 0 Å². The summed E-state index contributed by atoms with van der Waals surface area (Å²) in [5.41, 5.74) is 2.28. The van der Waals surface area contributed by atoms with Gasteiger partial charge in [-0.25, -0.2) is 8.42 Å². The Hall–Kier alpha value is -4.25. The molecule has 2 N–H and O–H groups in total. The van der Waals surface area contributed by atoms with Crippen LogP contribution in [0.15, 0.2) is 77.7 Å². The van der Waals surface area contributed by atoms with Gasteiger partial charge in [0.2, 0.25) is 11.7 Å². The molecule has 174 valence electrons. The number of carbonyl (C=O) groups excluding carboxylic acids is 1. The van der Waals surface area contributed by atoms with Gasteiger partial charge in [0.05, 0.1) is 17.7 Å². The molecule has 0 aliphatic carbocycles. The van der Waals surface area contributed by atoms with Crippen LogP contribution >= 0.6 is 0 Å². The van der Waals surface area contributed by atoms with Crippen LogP contribution in [0.4, 0.5) is 11.4 Å². The molecule has 3 aromatic carbocycles. The molecule has 4 aromatic rings. The maximum absolute atomic E-state index is 12.8. The van der Waals surface area contributed by atoms with Gasteiger partial charge in [-0.1, -0.05) is 29.8 Å². The average Bonchev–Trinajstić information content (AvgIpc) is 3.28. The number of nitrogens with zero attached hydrogens (tertiary/aromatic N) is 4. The highest BCUT2D eigenvalue weighted by molar-refractivity contribution is 7.92. The van der Waals surface area contributed by atoms with Crippen molar-refractivity contribution < 1.29 is 17.9 Å². The number of methoxy groups -OCH3 is 1. The third kappa shape index (κ3) is 5.38. The fourth-order valence-corrected chi connectivity index (χ4v) is 4.19. The molecule has 10 nitrogen and oxygen atoms in total. The van der Waals surface area contributed by atoms with E-state index >= 15 is 0 Å². The van der Waals surface area contributed by atoms with Crippen molar-refractivity contribution >= 4 is 27.3 Å². The van der Waals surface area contributed by atoms with E-state index in [1.807, 2.05) is 6.92 Å². The normalized spacial score (nSPS) is 11.1. The number of rotatable bonds is 8. The Morgan fingerprint density at radius 2 is 1.71 bits per heavy atom. The monoisotopic (exact) mass is 478 g/mol. The summed E-state index contributed by atoms with van der Waals surface area (Å²) in [6, 6.07) is 20.1. The van der Waals surface area contributed by atoms with E-state index in [1.165, 1.54) is 12.1 Å². The highest BCUT2D eigenvalue weighted by atomic mass is 32.2. The van der Waals surface area contributed by atoms with Crippen LogP contribution in [0.2, 0.25) is 0 Å². The van der Waals surface area contributed by atoms with Gasteiger partial charge in [0.15, 0.2) is 0 Å². The quantitative estimate of drug-likeness (QED) is 0.398. The zero-order valence-corrected chi connectivity index (χ0v) is 19.3. The first-order chi connectivity index (χ1) is 16.3. The van der Waals surface area contributed by atoms with E-state index in [4.69, 9.17) is 4.74 Å². The Balaban J connectivity index is 1.49. The number of hydrogen-bond acceptors (Lipinski definition) is 7. The maximum Gasteiger partial charge on any atom is 0.261 e. The molecule has 0 atom stereocenters. The van der Waals surface area contributed by atoms with Gasteiger partial charge >= 0.3 is 0 Å². The molecule has 0 fully saturated rings. The molecule has 0 saturated carbocycles. The second-order valence-electron chi connectivity index (χ2n) is 7.38. The number of para-hydroxylation sites is 1. The van der Waals surface area contributed by atoms with Crippen LogP contribution in [-0.2, 0) is 21.4 Å². The van der Waals surface area contributed by atoms with E-state index in [9.17, 15) is 13.2 Å². The van der Waals surface area contributed by atoms with E-state index < -0.39 is 10.0 Å². The molecular weight excluding hydrogens is 456 g/mol. The summed E-state index contributed by atoms with van der Waals surface area (Å²) in [5.74, 6) is 0.513.